The Balaban J connectivity index is 2.74. The van der Waals surface area contributed by atoms with Gasteiger partial charge in [-0.3, -0.25) is 9.78 Å². The fraction of sp³-hybridized carbons (Fsp3) is 0.467. The largest absolute Gasteiger partial charge is 0.479 e. The second-order valence-electron chi connectivity index (χ2n) is 4.47. The van der Waals surface area contributed by atoms with Gasteiger partial charge < -0.3 is 15.4 Å². The second-order valence-corrected chi connectivity index (χ2v) is 4.47. The predicted octanol–water partition coefficient (Wildman–Crippen LogP) is 1.57. The Labute approximate surface area is 120 Å². The van der Waals surface area contributed by atoms with E-state index in [-0.39, 0.29) is 5.91 Å². The maximum absolute atomic E-state index is 11.8. The highest BCUT2D eigenvalue weighted by Crippen LogP contribution is 2.18. The minimum Gasteiger partial charge on any atom is -0.479 e. The molecular formula is C15H23N3O2. The second kappa shape index (κ2) is 8.32. The van der Waals surface area contributed by atoms with Crippen LogP contribution < -0.4 is 15.4 Å². The summed E-state index contributed by atoms with van der Waals surface area (Å²) in [6.45, 7) is 11.1. The van der Waals surface area contributed by atoms with Gasteiger partial charge in [0.1, 0.15) is 5.75 Å². The molecule has 0 fully saturated rings. The third-order valence-corrected chi connectivity index (χ3v) is 2.71. The summed E-state index contributed by atoms with van der Waals surface area (Å²) >= 11 is 0. The van der Waals surface area contributed by atoms with E-state index in [2.05, 4.69) is 22.2 Å². The van der Waals surface area contributed by atoms with Crippen molar-refractivity contribution in [3.8, 4) is 5.75 Å². The van der Waals surface area contributed by atoms with Crippen molar-refractivity contribution in [2.45, 2.75) is 33.4 Å². The van der Waals surface area contributed by atoms with Gasteiger partial charge in [0, 0.05) is 18.8 Å². The van der Waals surface area contributed by atoms with Crippen molar-refractivity contribution in [1.29, 1.82) is 0 Å². The van der Waals surface area contributed by atoms with Gasteiger partial charge in [-0.05, 0) is 32.5 Å². The van der Waals surface area contributed by atoms with E-state index >= 15 is 0 Å². The Kier molecular flexibility index (Phi) is 6.73. The van der Waals surface area contributed by atoms with Crippen LogP contribution in [0.5, 0.6) is 5.75 Å². The van der Waals surface area contributed by atoms with Gasteiger partial charge in [-0.15, -0.1) is 6.58 Å². The number of ether oxygens (including phenoxy) is 1. The van der Waals surface area contributed by atoms with Gasteiger partial charge in [-0.25, -0.2) is 0 Å². The molecule has 5 heteroatoms. The van der Waals surface area contributed by atoms with Crippen molar-refractivity contribution in [2.24, 2.45) is 0 Å². The van der Waals surface area contributed by atoms with Crippen LogP contribution >= 0.6 is 0 Å². The normalized spacial score (nSPS) is 11.8. The van der Waals surface area contributed by atoms with Crippen LogP contribution in [-0.4, -0.2) is 30.1 Å². The first-order valence-corrected chi connectivity index (χ1v) is 6.81. The summed E-state index contributed by atoms with van der Waals surface area (Å²) in [5.41, 5.74) is 1.74. The van der Waals surface area contributed by atoms with Gasteiger partial charge in [-0.1, -0.05) is 13.0 Å². The van der Waals surface area contributed by atoms with Gasteiger partial charge >= 0.3 is 0 Å². The molecule has 0 radical (unpaired) electrons. The maximum atomic E-state index is 11.8. The summed E-state index contributed by atoms with van der Waals surface area (Å²) in [6, 6.07) is 3.73. The first-order valence-electron chi connectivity index (χ1n) is 6.81. The topological polar surface area (TPSA) is 63.2 Å². The quantitative estimate of drug-likeness (QED) is 0.708. The first-order chi connectivity index (χ1) is 9.58. The van der Waals surface area contributed by atoms with Crippen LogP contribution in [0.1, 0.15) is 25.2 Å². The Bertz CT molecular complexity index is 460. The Morgan fingerprint density at radius 2 is 2.30 bits per heavy atom. The molecule has 20 heavy (non-hydrogen) atoms. The third kappa shape index (κ3) is 5.01. The number of aromatic nitrogens is 1. The van der Waals surface area contributed by atoms with E-state index in [0.717, 1.165) is 17.9 Å². The van der Waals surface area contributed by atoms with Crippen molar-refractivity contribution in [3.05, 3.63) is 36.2 Å². The van der Waals surface area contributed by atoms with Crippen molar-refractivity contribution < 1.29 is 9.53 Å². The highest BCUT2D eigenvalue weighted by molar-refractivity contribution is 5.80. The highest BCUT2D eigenvalue weighted by atomic mass is 16.5. The number of carbonyl (C=O) groups is 1. The third-order valence-electron chi connectivity index (χ3n) is 2.71. The summed E-state index contributed by atoms with van der Waals surface area (Å²) in [5, 5.41) is 5.92. The lowest BCUT2D eigenvalue weighted by molar-refractivity contribution is -0.127. The summed E-state index contributed by atoms with van der Waals surface area (Å²) < 4.78 is 5.71. The molecule has 0 aliphatic carbocycles. The molecule has 0 aromatic carbocycles. The van der Waals surface area contributed by atoms with Gasteiger partial charge in [-0.2, -0.15) is 0 Å². The van der Waals surface area contributed by atoms with E-state index in [0.29, 0.717) is 18.8 Å². The Morgan fingerprint density at radius 1 is 1.55 bits per heavy atom. The maximum Gasteiger partial charge on any atom is 0.261 e. The van der Waals surface area contributed by atoms with Gasteiger partial charge in [0.15, 0.2) is 6.10 Å². The zero-order chi connectivity index (χ0) is 15.0. The smallest absolute Gasteiger partial charge is 0.261 e. The van der Waals surface area contributed by atoms with Crippen molar-refractivity contribution in [3.63, 3.8) is 0 Å². The molecule has 1 atom stereocenters. The van der Waals surface area contributed by atoms with Crippen molar-refractivity contribution >= 4 is 5.91 Å². The molecule has 1 rings (SSSR count). The minimum atomic E-state index is -0.570. The number of aryl methyl sites for hydroxylation is 1. The Morgan fingerprint density at radius 3 is 2.95 bits per heavy atom. The highest BCUT2D eigenvalue weighted by Gasteiger charge is 2.16. The molecule has 2 N–H and O–H groups in total. The molecule has 1 aromatic rings. The number of rotatable bonds is 8. The average molecular weight is 277 g/mol. The van der Waals surface area contributed by atoms with Crippen molar-refractivity contribution in [1.82, 2.24) is 15.6 Å². The van der Waals surface area contributed by atoms with Crippen LogP contribution in [0.25, 0.3) is 0 Å². The lowest BCUT2D eigenvalue weighted by atomic mass is 10.2. The fourth-order valence-electron chi connectivity index (χ4n) is 1.64. The van der Waals surface area contributed by atoms with Crippen LogP contribution in [0.15, 0.2) is 24.8 Å². The van der Waals surface area contributed by atoms with E-state index < -0.39 is 6.10 Å². The molecule has 110 valence electrons. The molecule has 0 bridgehead atoms. The van der Waals surface area contributed by atoms with Gasteiger partial charge in [0.25, 0.3) is 5.91 Å². The summed E-state index contributed by atoms with van der Waals surface area (Å²) in [7, 11) is 0. The number of carbonyl (C=O) groups excluding carboxylic acids is 1. The zero-order valence-corrected chi connectivity index (χ0v) is 12.4. The molecular weight excluding hydrogens is 254 g/mol. The Hall–Kier alpha value is -1.88. The zero-order valence-electron chi connectivity index (χ0n) is 12.4. The van der Waals surface area contributed by atoms with E-state index in [1.54, 1.807) is 13.0 Å². The lowest BCUT2D eigenvalue weighted by Crippen LogP contribution is -2.36. The number of amides is 1. The molecule has 0 aliphatic heterocycles. The van der Waals surface area contributed by atoms with E-state index in [4.69, 9.17) is 4.74 Å². The molecule has 1 heterocycles. The number of hydrogen-bond acceptors (Lipinski definition) is 4. The molecule has 1 aromatic heterocycles. The van der Waals surface area contributed by atoms with E-state index in [1.807, 2.05) is 26.0 Å². The molecule has 0 aliphatic rings. The molecule has 1 unspecified atom stereocenters. The number of hydrogen-bond donors (Lipinski definition) is 2. The standard InChI is InChI=1S/C15H23N3O2/c1-5-9-17-15(19)12(4)20-14-8-7-11(3)18-13(14)10-16-6-2/h5,7-8,12,16H,1,6,9-10H2,2-4H3,(H,17,19). The van der Waals surface area contributed by atoms with Crippen LogP contribution in [-0.2, 0) is 11.3 Å². The van der Waals surface area contributed by atoms with Gasteiger partial charge in [0.05, 0.1) is 5.69 Å². The van der Waals surface area contributed by atoms with Crippen LogP contribution in [0.4, 0.5) is 0 Å². The van der Waals surface area contributed by atoms with Crippen LogP contribution in [0, 0.1) is 6.92 Å². The predicted molar refractivity (Wildman–Crippen MR) is 79.7 cm³/mol. The van der Waals surface area contributed by atoms with E-state index in [1.165, 1.54) is 0 Å². The van der Waals surface area contributed by atoms with Crippen LogP contribution in [0.2, 0.25) is 0 Å². The molecule has 1 amide bonds. The monoisotopic (exact) mass is 277 g/mol. The van der Waals surface area contributed by atoms with Crippen LogP contribution in [0.3, 0.4) is 0 Å². The molecule has 0 saturated carbocycles. The van der Waals surface area contributed by atoms with Crippen molar-refractivity contribution in [2.75, 3.05) is 13.1 Å². The molecule has 0 spiro atoms. The number of pyridine rings is 1. The molecule has 5 nitrogen and oxygen atoms in total. The summed E-state index contributed by atoms with van der Waals surface area (Å²) in [6.07, 6.45) is 1.06. The SMILES string of the molecule is C=CCNC(=O)C(C)Oc1ccc(C)nc1CNCC. The minimum absolute atomic E-state index is 0.167. The summed E-state index contributed by atoms with van der Waals surface area (Å²) in [4.78, 5) is 16.2. The number of nitrogens with one attached hydrogen (secondary N) is 2. The van der Waals surface area contributed by atoms with Gasteiger partial charge in [0.2, 0.25) is 0 Å². The fourth-order valence-corrected chi connectivity index (χ4v) is 1.64. The average Bonchev–Trinajstić information content (AvgIpc) is 2.44. The molecule has 0 saturated heterocycles. The summed E-state index contributed by atoms with van der Waals surface area (Å²) in [5.74, 6) is 0.470. The lowest BCUT2D eigenvalue weighted by Gasteiger charge is -2.17. The first kappa shape index (κ1) is 16.2. The van der Waals surface area contributed by atoms with E-state index in [9.17, 15) is 4.79 Å². The number of nitrogens with zero attached hydrogens (tertiary/aromatic N) is 1.